The van der Waals surface area contributed by atoms with Gasteiger partial charge in [-0.15, -0.1) is 10.2 Å². The van der Waals surface area contributed by atoms with Crippen molar-refractivity contribution >= 4 is 11.7 Å². The summed E-state index contributed by atoms with van der Waals surface area (Å²) in [6.45, 7) is 3.58. The molecule has 0 amide bonds. The van der Waals surface area contributed by atoms with Crippen molar-refractivity contribution in [2.24, 2.45) is 7.05 Å². The minimum Gasteiger partial charge on any atom is -0.464 e. The Morgan fingerprint density at radius 2 is 1.72 bits per heavy atom. The number of esters is 1. The number of carbonyl (C=O) groups excluding carboxylic acids is 1. The zero-order valence-electron chi connectivity index (χ0n) is 17.3. The average Bonchev–Trinajstić information content (AvgIpc) is 3.23. The van der Waals surface area contributed by atoms with Gasteiger partial charge in [0.25, 0.3) is 5.69 Å². The zero-order chi connectivity index (χ0) is 24.1. The van der Waals surface area contributed by atoms with Gasteiger partial charge in [0.15, 0.2) is 5.69 Å². The average molecular weight is 467 g/mol. The number of pyridine rings is 1. The predicted octanol–water partition coefficient (Wildman–Crippen LogP) is -0.925. The van der Waals surface area contributed by atoms with Gasteiger partial charge < -0.3 is 9.15 Å². The van der Waals surface area contributed by atoms with Crippen molar-refractivity contribution in [2.45, 2.75) is 13.8 Å². The first kappa shape index (κ1) is 24.9. The van der Waals surface area contributed by atoms with Gasteiger partial charge in [-0.25, -0.2) is 23.4 Å². The second-order valence-corrected chi connectivity index (χ2v) is 7.05. The standard InChI is InChI=1S/C20H19N2O5.ClHO4/c1-4-26-20(23)16-13(2)21(3)18(14-9-6-5-7-10-14)19(22(24)25)17(16)15-11-8-12-27-15;2-1(3,4)5/h5-12H,4H2,1-3H3;(H,2,3,4,5)/q+1;/p-1. The second-order valence-electron chi connectivity index (χ2n) is 6.29. The molecule has 2 heterocycles. The normalized spacial score (nSPS) is 10.8. The molecule has 0 bridgehead atoms. The number of furan rings is 1. The van der Waals surface area contributed by atoms with Gasteiger partial charge in [-0.3, -0.25) is 10.1 Å². The third-order valence-electron chi connectivity index (χ3n) is 4.39. The quantitative estimate of drug-likeness (QED) is 0.199. The second kappa shape index (κ2) is 10.3. The minimum absolute atomic E-state index is 0.123. The van der Waals surface area contributed by atoms with E-state index in [0.29, 0.717) is 17.0 Å². The van der Waals surface area contributed by atoms with Crippen LogP contribution in [-0.4, -0.2) is 17.5 Å². The van der Waals surface area contributed by atoms with Crippen molar-refractivity contribution < 1.29 is 52.3 Å². The Morgan fingerprint density at radius 1 is 1.12 bits per heavy atom. The first-order chi connectivity index (χ1) is 15.0. The highest BCUT2D eigenvalue weighted by Crippen LogP contribution is 2.40. The van der Waals surface area contributed by atoms with Gasteiger partial charge in [0, 0.05) is 6.92 Å². The zero-order valence-corrected chi connectivity index (χ0v) is 18.0. The topological polar surface area (TPSA) is 179 Å². The highest BCUT2D eigenvalue weighted by Gasteiger charge is 2.39. The number of halogens is 1. The summed E-state index contributed by atoms with van der Waals surface area (Å²) in [6.07, 6.45) is 1.42. The molecule has 11 nitrogen and oxygen atoms in total. The first-order valence-corrected chi connectivity index (χ1v) is 10.3. The number of carbonyl (C=O) groups is 1. The first-order valence-electron chi connectivity index (χ1n) is 9.06. The molecule has 0 radical (unpaired) electrons. The van der Waals surface area contributed by atoms with Crippen LogP contribution in [0.1, 0.15) is 23.0 Å². The molecule has 0 atom stereocenters. The van der Waals surface area contributed by atoms with E-state index in [1.54, 1.807) is 61.9 Å². The monoisotopic (exact) mass is 466 g/mol. The van der Waals surface area contributed by atoms with Gasteiger partial charge in [-0.1, -0.05) is 18.2 Å². The van der Waals surface area contributed by atoms with Crippen molar-refractivity contribution in [2.75, 3.05) is 6.61 Å². The Bertz CT molecular complexity index is 1090. The number of hydrogen-bond acceptors (Lipinski definition) is 9. The number of hydrogen-bond donors (Lipinski definition) is 0. The van der Waals surface area contributed by atoms with E-state index < -0.39 is 21.1 Å². The van der Waals surface area contributed by atoms with Gasteiger partial charge in [0.1, 0.15) is 23.9 Å². The van der Waals surface area contributed by atoms with Crippen LogP contribution in [0, 0.1) is 27.3 Å². The molecule has 170 valence electrons. The molecular formula is C20H19ClN2O9. The van der Waals surface area contributed by atoms with E-state index in [9.17, 15) is 14.9 Å². The summed E-state index contributed by atoms with van der Waals surface area (Å²) in [6, 6.07) is 12.2. The third kappa shape index (κ3) is 5.87. The molecule has 32 heavy (non-hydrogen) atoms. The van der Waals surface area contributed by atoms with Crippen LogP contribution in [0.25, 0.3) is 22.6 Å². The summed E-state index contributed by atoms with van der Waals surface area (Å²) >= 11 is 0. The lowest BCUT2D eigenvalue weighted by molar-refractivity contribution is -2.00. The van der Waals surface area contributed by atoms with Gasteiger partial charge in [-0.2, -0.15) is 4.57 Å². The Morgan fingerprint density at radius 3 is 2.19 bits per heavy atom. The summed E-state index contributed by atoms with van der Waals surface area (Å²) in [5, 5.41) is 12.1. The SMILES string of the molecule is CCOC(=O)c1c(-c2ccco2)c([N+](=O)[O-])c(-c2ccccc2)[n+](C)c1C.[O-][Cl+3]([O-])([O-])[O-]. The Kier molecular flexibility index (Phi) is 8.02. The van der Waals surface area contributed by atoms with Crippen molar-refractivity contribution in [3.05, 3.63) is 70.1 Å². The van der Waals surface area contributed by atoms with Crippen molar-refractivity contribution in [1.29, 1.82) is 0 Å². The van der Waals surface area contributed by atoms with E-state index in [-0.39, 0.29) is 29.2 Å². The third-order valence-corrected chi connectivity index (χ3v) is 4.39. The number of rotatable bonds is 5. The summed E-state index contributed by atoms with van der Waals surface area (Å²) in [4.78, 5) is 24.3. The number of aromatic nitrogens is 1. The molecule has 0 saturated heterocycles. The number of benzene rings is 1. The Labute approximate surface area is 184 Å². The van der Waals surface area contributed by atoms with Crippen LogP contribution in [0.3, 0.4) is 0 Å². The molecule has 0 spiro atoms. The van der Waals surface area contributed by atoms with Crippen LogP contribution >= 0.6 is 0 Å². The molecule has 3 rings (SSSR count). The lowest BCUT2D eigenvalue weighted by atomic mass is 9.97. The number of nitro groups is 1. The van der Waals surface area contributed by atoms with E-state index in [2.05, 4.69) is 0 Å². The Hall–Kier alpha value is -3.35. The van der Waals surface area contributed by atoms with E-state index in [1.165, 1.54) is 6.26 Å². The maximum absolute atomic E-state index is 12.7. The molecule has 0 fully saturated rings. The van der Waals surface area contributed by atoms with E-state index in [0.717, 1.165) is 0 Å². The fraction of sp³-hybridized carbons (Fsp3) is 0.200. The van der Waals surface area contributed by atoms with Crippen molar-refractivity contribution in [1.82, 2.24) is 0 Å². The maximum Gasteiger partial charge on any atom is 0.352 e. The van der Waals surface area contributed by atoms with Crippen molar-refractivity contribution in [3.8, 4) is 22.6 Å². The van der Waals surface area contributed by atoms with Gasteiger partial charge in [-0.05, 0) is 31.2 Å². The van der Waals surface area contributed by atoms with E-state index in [1.807, 2.05) is 6.07 Å². The minimum atomic E-state index is -4.94. The van der Waals surface area contributed by atoms with E-state index in [4.69, 9.17) is 27.8 Å². The van der Waals surface area contributed by atoms with Crippen LogP contribution < -0.4 is 23.2 Å². The largest absolute Gasteiger partial charge is 0.464 e. The molecule has 0 aliphatic heterocycles. The molecule has 0 aliphatic carbocycles. The highest BCUT2D eigenvalue weighted by molar-refractivity contribution is 6.01. The smallest absolute Gasteiger partial charge is 0.352 e. The summed E-state index contributed by atoms with van der Waals surface area (Å²) in [5.74, 6) is -0.384. The molecule has 2 aromatic heterocycles. The molecule has 0 N–H and O–H groups in total. The molecule has 1 aromatic carbocycles. The predicted molar refractivity (Wildman–Crippen MR) is 98.1 cm³/mol. The van der Waals surface area contributed by atoms with Crippen LogP contribution in [0.2, 0.25) is 0 Å². The van der Waals surface area contributed by atoms with Crippen LogP contribution in [0.4, 0.5) is 5.69 Å². The molecule has 0 saturated carbocycles. The lowest BCUT2D eigenvalue weighted by Crippen LogP contribution is -2.68. The number of ether oxygens (including phenoxy) is 1. The van der Waals surface area contributed by atoms with Crippen LogP contribution in [0.5, 0.6) is 0 Å². The molecule has 12 heteroatoms. The fourth-order valence-electron chi connectivity index (χ4n) is 3.13. The van der Waals surface area contributed by atoms with Crippen LogP contribution in [-0.2, 0) is 11.8 Å². The summed E-state index contributed by atoms with van der Waals surface area (Å²) in [5.41, 5.74) is 1.64. The van der Waals surface area contributed by atoms with Gasteiger partial charge in [0.2, 0.25) is 0 Å². The maximum atomic E-state index is 12.7. The van der Waals surface area contributed by atoms with Gasteiger partial charge in [0.05, 0.1) is 23.4 Å². The summed E-state index contributed by atoms with van der Waals surface area (Å²) in [7, 11) is -3.25. The van der Waals surface area contributed by atoms with E-state index >= 15 is 0 Å². The fourth-order valence-corrected chi connectivity index (χ4v) is 3.13. The molecular weight excluding hydrogens is 448 g/mol. The number of nitrogens with zero attached hydrogens (tertiary/aromatic N) is 2. The summed E-state index contributed by atoms with van der Waals surface area (Å²) < 4.78 is 46.2. The van der Waals surface area contributed by atoms with Gasteiger partial charge >= 0.3 is 11.7 Å². The highest BCUT2D eigenvalue weighted by atomic mass is 35.7. The molecule has 0 unspecified atom stereocenters. The molecule has 3 aromatic rings. The van der Waals surface area contributed by atoms with Crippen LogP contribution in [0.15, 0.2) is 53.1 Å². The Balaban J connectivity index is 0.000000654. The molecule has 0 aliphatic rings. The lowest BCUT2D eigenvalue weighted by Gasteiger charge is -2.17. The van der Waals surface area contributed by atoms with Crippen molar-refractivity contribution in [3.63, 3.8) is 0 Å².